The van der Waals surface area contributed by atoms with Crippen molar-refractivity contribution in [1.29, 1.82) is 0 Å². The lowest BCUT2D eigenvalue weighted by atomic mass is 9.92. The van der Waals surface area contributed by atoms with E-state index in [0.717, 1.165) is 25.2 Å². The largest absolute Gasteiger partial charge is 0.352 e. The first-order valence-corrected chi connectivity index (χ1v) is 7.91. The number of nitrogens with zero attached hydrogens (tertiary/aromatic N) is 1. The number of hydrogen-bond donors (Lipinski definition) is 1. The molecule has 0 unspecified atom stereocenters. The molecule has 0 bridgehead atoms. The lowest BCUT2D eigenvalue weighted by molar-refractivity contribution is -0.122. The van der Waals surface area contributed by atoms with Gasteiger partial charge in [0.05, 0.1) is 0 Å². The molecule has 0 aliphatic carbocycles. The van der Waals surface area contributed by atoms with Gasteiger partial charge in [0, 0.05) is 19.5 Å². The summed E-state index contributed by atoms with van der Waals surface area (Å²) in [5, 5.41) is 2.99. The molecule has 0 atom stereocenters. The predicted molar refractivity (Wildman–Crippen MR) is 89.0 cm³/mol. The van der Waals surface area contributed by atoms with E-state index in [1.54, 1.807) is 0 Å². The summed E-state index contributed by atoms with van der Waals surface area (Å²) in [5.74, 6) is 0.120. The molecule has 21 heavy (non-hydrogen) atoms. The van der Waals surface area contributed by atoms with Gasteiger partial charge in [0.25, 0.3) is 0 Å². The molecule has 3 heteroatoms. The quantitative estimate of drug-likeness (QED) is 0.832. The SMILES string of the molecule is CCN(CC)Cc1ccc(CNC(=O)CC(C)(C)C)cc1. The molecule has 1 N–H and O–H groups in total. The van der Waals surface area contributed by atoms with Crippen LogP contribution in [0.5, 0.6) is 0 Å². The molecule has 0 heterocycles. The van der Waals surface area contributed by atoms with Crippen LogP contribution in [0.1, 0.15) is 52.2 Å². The minimum Gasteiger partial charge on any atom is -0.352 e. The Labute approximate surface area is 129 Å². The van der Waals surface area contributed by atoms with E-state index in [1.165, 1.54) is 5.56 Å². The van der Waals surface area contributed by atoms with Crippen molar-refractivity contribution in [3.8, 4) is 0 Å². The Morgan fingerprint density at radius 2 is 1.57 bits per heavy atom. The lowest BCUT2D eigenvalue weighted by Gasteiger charge is -2.18. The van der Waals surface area contributed by atoms with E-state index in [9.17, 15) is 4.79 Å². The highest BCUT2D eigenvalue weighted by atomic mass is 16.1. The van der Waals surface area contributed by atoms with E-state index in [0.29, 0.717) is 13.0 Å². The third-order valence-corrected chi connectivity index (χ3v) is 3.50. The van der Waals surface area contributed by atoms with E-state index < -0.39 is 0 Å². The van der Waals surface area contributed by atoms with Crippen molar-refractivity contribution >= 4 is 5.91 Å². The van der Waals surface area contributed by atoms with Gasteiger partial charge in [-0.25, -0.2) is 0 Å². The molecule has 0 aliphatic rings. The maximum atomic E-state index is 11.8. The molecule has 118 valence electrons. The average molecular weight is 290 g/mol. The lowest BCUT2D eigenvalue weighted by Crippen LogP contribution is -2.27. The van der Waals surface area contributed by atoms with Gasteiger partial charge in [0.1, 0.15) is 0 Å². The molecule has 0 spiro atoms. The third kappa shape index (κ3) is 7.28. The highest BCUT2D eigenvalue weighted by Gasteiger charge is 2.15. The summed E-state index contributed by atoms with van der Waals surface area (Å²) < 4.78 is 0. The van der Waals surface area contributed by atoms with Crippen molar-refractivity contribution in [3.63, 3.8) is 0 Å². The van der Waals surface area contributed by atoms with Crippen LogP contribution in [0.3, 0.4) is 0 Å². The van der Waals surface area contributed by atoms with Crippen molar-refractivity contribution in [2.45, 2.75) is 54.1 Å². The Kier molecular flexibility index (Phi) is 6.90. The molecule has 0 saturated heterocycles. The van der Waals surface area contributed by atoms with E-state index in [-0.39, 0.29) is 11.3 Å². The highest BCUT2D eigenvalue weighted by molar-refractivity contribution is 5.76. The molecule has 1 aromatic rings. The topological polar surface area (TPSA) is 32.3 Å². The zero-order valence-electron chi connectivity index (χ0n) is 14.2. The monoisotopic (exact) mass is 290 g/mol. The van der Waals surface area contributed by atoms with Crippen LogP contribution in [-0.2, 0) is 17.9 Å². The summed E-state index contributed by atoms with van der Waals surface area (Å²) in [5.41, 5.74) is 2.52. The van der Waals surface area contributed by atoms with Gasteiger partial charge >= 0.3 is 0 Å². The number of hydrogen-bond acceptors (Lipinski definition) is 2. The van der Waals surface area contributed by atoms with E-state index in [1.807, 2.05) is 0 Å². The second-order valence-electron chi connectivity index (χ2n) is 6.79. The minimum atomic E-state index is 0.0394. The standard InChI is InChI=1S/C18H30N2O/c1-6-20(7-2)14-16-10-8-15(9-11-16)13-19-17(21)12-18(3,4)5/h8-11H,6-7,12-14H2,1-5H3,(H,19,21). The Bertz CT molecular complexity index is 428. The molecular formula is C18H30N2O. The van der Waals surface area contributed by atoms with Crippen LogP contribution in [0.25, 0.3) is 0 Å². The van der Waals surface area contributed by atoms with Gasteiger partial charge in [-0.3, -0.25) is 9.69 Å². The van der Waals surface area contributed by atoms with Crippen LogP contribution in [0.4, 0.5) is 0 Å². The van der Waals surface area contributed by atoms with E-state index in [2.05, 4.69) is 69.1 Å². The van der Waals surface area contributed by atoms with Gasteiger partial charge in [-0.05, 0) is 29.6 Å². The maximum absolute atomic E-state index is 11.8. The number of nitrogens with one attached hydrogen (secondary N) is 1. The maximum Gasteiger partial charge on any atom is 0.220 e. The molecule has 0 aliphatic heterocycles. The third-order valence-electron chi connectivity index (χ3n) is 3.50. The van der Waals surface area contributed by atoms with E-state index >= 15 is 0 Å². The Balaban J connectivity index is 2.46. The van der Waals surface area contributed by atoms with Crippen molar-refractivity contribution in [1.82, 2.24) is 10.2 Å². The molecule has 0 fully saturated rings. The number of carbonyl (C=O) groups is 1. The number of benzene rings is 1. The second-order valence-corrected chi connectivity index (χ2v) is 6.79. The van der Waals surface area contributed by atoms with Gasteiger partial charge in [0.15, 0.2) is 0 Å². The summed E-state index contributed by atoms with van der Waals surface area (Å²) in [6, 6.07) is 8.53. The Morgan fingerprint density at radius 1 is 1.05 bits per heavy atom. The molecule has 3 nitrogen and oxygen atoms in total. The van der Waals surface area contributed by atoms with Crippen molar-refractivity contribution < 1.29 is 4.79 Å². The van der Waals surface area contributed by atoms with Crippen LogP contribution < -0.4 is 5.32 Å². The van der Waals surface area contributed by atoms with Crippen LogP contribution in [-0.4, -0.2) is 23.9 Å². The first-order chi connectivity index (χ1) is 9.84. The molecule has 1 aromatic carbocycles. The first-order valence-electron chi connectivity index (χ1n) is 7.91. The average Bonchev–Trinajstić information content (AvgIpc) is 2.42. The van der Waals surface area contributed by atoms with Gasteiger partial charge in [0.2, 0.25) is 5.91 Å². The molecular weight excluding hydrogens is 260 g/mol. The fraction of sp³-hybridized carbons (Fsp3) is 0.611. The Morgan fingerprint density at radius 3 is 2.05 bits per heavy atom. The fourth-order valence-electron chi connectivity index (χ4n) is 2.21. The number of amides is 1. The first kappa shape index (κ1) is 17.7. The normalized spacial score (nSPS) is 11.7. The summed E-state index contributed by atoms with van der Waals surface area (Å²) in [6.45, 7) is 14.3. The Hall–Kier alpha value is -1.35. The van der Waals surface area contributed by atoms with Crippen LogP contribution >= 0.6 is 0 Å². The number of carbonyl (C=O) groups excluding carboxylic acids is 1. The zero-order chi connectivity index (χ0) is 15.9. The summed E-state index contributed by atoms with van der Waals surface area (Å²) in [7, 11) is 0. The smallest absolute Gasteiger partial charge is 0.220 e. The van der Waals surface area contributed by atoms with Crippen LogP contribution in [0, 0.1) is 5.41 Å². The molecule has 1 amide bonds. The molecule has 1 rings (SSSR count). The molecule has 0 radical (unpaired) electrons. The summed E-state index contributed by atoms with van der Waals surface area (Å²) >= 11 is 0. The summed E-state index contributed by atoms with van der Waals surface area (Å²) in [6.07, 6.45) is 0.563. The van der Waals surface area contributed by atoms with Crippen molar-refractivity contribution in [2.24, 2.45) is 5.41 Å². The van der Waals surface area contributed by atoms with Crippen molar-refractivity contribution in [3.05, 3.63) is 35.4 Å². The van der Waals surface area contributed by atoms with Crippen molar-refractivity contribution in [2.75, 3.05) is 13.1 Å². The molecule has 0 saturated carbocycles. The highest BCUT2D eigenvalue weighted by Crippen LogP contribution is 2.18. The predicted octanol–water partition coefficient (Wildman–Crippen LogP) is 3.58. The second kappa shape index (κ2) is 8.18. The minimum absolute atomic E-state index is 0.0394. The molecule has 0 aromatic heterocycles. The van der Waals surface area contributed by atoms with Gasteiger partial charge in [-0.2, -0.15) is 0 Å². The van der Waals surface area contributed by atoms with E-state index in [4.69, 9.17) is 0 Å². The zero-order valence-corrected chi connectivity index (χ0v) is 14.2. The fourth-order valence-corrected chi connectivity index (χ4v) is 2.21. The van der Waals surface area contributed by atoms with Crippen LogP contribution in [0.15, 0.2) is 24.3 Å². The summed E-state index contributed by atoms with van der Waals surface area (Å²) in [4.78, 5) is 14.2. The van der Waals surface area contributed by atoms with Crippen LogP contribution in [0.2, 0.25) is 0 Å². The van der Waals surface area contributed by atoms with Gasteiger partial charge in [-0.1, -0.05) is 58.9 Å². The number of rotatable bonds is 7. The van der Waals surface area contributed by atoms with Gasteiger partial charge in [-0.15, -0.1) is 0 Å². The van der Waals surface area contributed by atoms with Gasteiger partial charge < -0.3 is 5.32 Å².